The van der Waals surface area contributed by atoms with E-state index in [0.29, 0.717) is 25.7 Å². The molecule has 2 aliphatic rings. The number of ether oxygens (including phenoxy) is 1. The lowest BCUT2D eigenvalue weighted by atomic mass is 9.98. The average Bonchev–Trinajstić information content (AvgIpc) is 1.74. The van der Waals surface area contributed by atoms with Gasteiger partial charge in [-0.3, -0.25) is 4.79 Å². The smallest absolute Gasteiger partial charge is 0.331 e. The number of likely N-dealkylation sites (tertiary alicyclic amines) is 1. The number of aliphatic hydroxyl groups is 24. The topological polar surface area (TPSA) is 818 Å². The van der Waals surface area contributed by atoms with Crippen molar-refractivity contribution in [3.05, 3.63) is 59.7 Å². The first kappa shape index (κ1) is 130. The lowest BCUT2D eigenvalue weighted by Gasteiger charge is -2.25. The normalized spacial score (nSPS) is 23.1. The molecule has 0 radical (unpaired) electrons. The second-order valence-corrected chi connectivity index (χ2v) is 37.0. The molecule has 148 heavy (non-hydrogen) atoms. The number of esters is 1. The number of amides is 1. The molecule has 0 bridgehead atoms. The summed E-state index contributed by atoms with van der Waals surface area (Å²) in [5.74, 6) is -22.0. The van der Waals surface area contributed by atoms with Crippen molar-refractivity contribution >= 4 is 136 Å². The minimum Gasteiger partial charge on any atom is -0.496 e. The van der Waals surface area contributed by atoms with Crippen LogP contribution in [-0.2, 0) is 14.3 Å². The van der Waals surface area contributed by atoms with Crippen LogP contribution in [0.3, 0.4) is 0 Å². The highest BCUT2D eigenvalue weighted by Gasteiger charge is 2.40. The quantitative estimate of drug-likeness (QED) is 0.00671. The lowest BCUT2D eigenvalue weighted by molar-refractivity contribution is -0.151. The van der Waals surface area contributed by atoms with Crippen LogP contribution in [0, 0.1) is 35.5 Å². The lowest BCUT2D eigenvalue weighted by Crippen LogP contribution is -2.41. The van der Waals surface area contributed by atoms with Crippen molar-refractivity contribution < 1.29 is 137 Å². The van der Waals surface area contributed by atoms with Crippen molar-refractivity contribution in [3.8, 4) is 0 Å². The fraction of sp³-hybridized carbons (Fsp3) is 0.663. The van der Waals surface area contributed by atoms with Crippen LogP contribution in [-0.4, -0.2) is 410 Å². The second-order valence-electron chi connectivity index (χ2n) is 37.0. The van der Waals surface area contributed by atoms with Crippen LogP contribution >= 0.6 is 0 Å². The molecule has 1 saturated heterocycles. The zero-order valence-corrected chi connectivity index (χ0v) is 89.1. The van der Waals surface area contributed by atoms with Gasteiger partial charge in [0.2, 0.25) is 118 Å². The van der Waals surface area contributed by atoms with E-state index in [1.54, 1.807) is 90.0 Å². The van der Waals surface area contributed by atoms with Gasteiger partial charge in [-0.15, -0.1) is 0 Å². The Bertz CT molecular complexity index is 5190. The molecule has 1 unspecified atom stereocenters. The largest absolute Gasteiger partial charge is 0.496 e. The first-order valence-electron chi connectivity index (χ1n) is 49.4. The van der Waals surface area contributed by atoms with Gasteiger partial charge in [0.1, 0.15) is 120 Å². The predicted molar refractivity (Wildman–Crippen MR) is 581 cm³/mol. The predicted octanol–water partition coefficient (Wildman–Crippen LogP) is 13.0. The van der Waals surface area contributed by atoms with E-state index in [1.807, 2.05) is 12.2 Å². The number of unbranched alkanes of at least 4 members (excludes halogenated alkanes) is 2. The zero-order valence-electron chi connectivity index (χ0n) is 89.1. The molecule has 50 heteroatoms. The first-order chi connectivity index (χ1) is 69.3. The molecule has 0 aromatic carbocycles. The summed E-state index contributed by atoms with van der Waals surface area (Å²) in [7, 11) is 0. The highest BCUT2D eigenvalue weighted by atomic mass is 16.5. The van der Waals surface area contributed by atoms with Crippen molar-refractivity contribution in [2.45, 2.75) is 358 Å². The molecule has 26 N–H and O–H groups in total. The molecule has 50 nitrogen and oxygen atoms in total. The van der Waals surface area contributed by atoms with Gasteiger partial charge in [-0.25, -0.2) is 110 Å². The number of hydrogen-bond donors (Lipinski definition) is 25. The van der Waals surface area contributed by atoms with Crippen LogP contribution in [0.4, 0.5) is 0 Å². The Morgan fingerprint density at radius 2 is 0.919 bits per heavy atom. The maximum atomic E-state index is 13.9. The summed E-state index contributed by atoms with van der Waals surface area (Å²) in [6.07, 6.45) is 8.88. The summed E-state index contributed by atoms with van der Waals surface area (Å²) >= 11 is 0. The van der Waals surface area contributed by atoms with Crippen LogP contribution in [0.2, 0.25) is 0 Å². The van der Waals surface area contributed by atoms with E-state index in [0.717, 1.165) is 19.3 Å². The first-order valence-corrected chi connectivity index (χ1v) is 49.4. The third-order valence-electron chi connectivity index (χ3n) is 23.3. The van der Waals surface area contributed by atoms with Crippen molar-refractivity contribution in [2.24, 2.45) is 146 Å². The summed E-state index contributed by atoms with van der Waals surface area (Å²) in [5.41, 5.74) is 4.16. The minimum atomic E-state index is -1.82. The molecule has 1 amide bonds. The molecule has 2 heterocycles. The summed E-state index contributed by atoms with van der Waals surface area (Å²) < 4.78 is 5.71. The number of allylic oxidation sites excluding steroid dienone is 4. The number of hydrogen-bond acceptors (Lipinski definition) is 28. The maximum Gasteiger partial charge on any atom is 0.331 e. The highest BCUT2D eigenvalue weighted by Crippen LogP contribution is 2.27. The summed E-state index contributed by atoms with van der Waals surface area (Å²) in [6.45, 7) is 38.6. The molecule has 0 aromatic heterocycles. The maximum absolute atomic E-state index is 13.9. The molecule has 1 fully saturated rings. The Labute approximate surface area is 863 Å². The van der Waals surface area contributed by atoms with Crippen LogP contribution in [0.5, 0.6) is 0 Å². The molecule has 0 aromatic rings. The van der Waals surface area contributed by atoms with E-state index in [-0.39, 0.29) is 38.0 Å². The third kappa shape index (κ3) is 41.9. The SMILES string of the molecule is C=C(N=C(O)[C@@H](N=C(O)[C@@H](N=C(O)[C@H](CCO)N=C(O)/C(=C/C)N=C(O)[C@@H](N=C(O)[C@@H](N=C(O)[C@H](C)N=C(O)[C@H](C)N=C(O)[C@H](C)N=C(O)[C@@H]1CCCN1C(=O)/C(=C/C)N=C(O)CC(O)C/C=C\CCCC)C(C)C)C(C)C)C(C)C)[C@H](C)CC)C(O)=N[C@@H](C)C(O)=N[C@@H](C)C(O)=N[C@@H](C)C(O)=N[C@H](C(O)=N/C(=C\C)C(O)=N[C@@H]1C(O)=N[C@@H](C)C(O)=N[C@@H](CCN)C(O)=N[C@@H](CO)C(O)=N[C@@H]([C@@H](C)CC)C(=O)O[C@H]1C)C(C)C. The van der Waals surface area contributed by atoms with Gasteiger partial charge in [-0.05, 0) is 150 Å². The van der Waals surface area contributed by atoms with E-state index in [9.17, 15) is 132 Å². The Balaban J connectivity index is 2.50. The summed E-state index contributed by atoms with van der Waals surface area (Å²) in [4.78, 5) is 115. The van der Waals surface area contributed by atoms with Crippen molar-refractivity contribution in [1.29, 1.82) is 0 Å². The molecule has 2 aliphatic heterocycles. The van der Waals surface area contributed by atoms with Crippen LogP contribution in [0.15, 0.2) is 165 Å². The number of nitrogens with two attached hydrogens (primary N) is 1. The Hall–Kier alpha value is -13.6. The van der Waals surface area contributed by atoms with Crippen LogP contribution in [0.1, 0.15) is 237 Å². The molecule has 830 valence electrons. The van der Waals surface area contributed by atoms with Crippen LogP contribution < -0.4 is 5.73 Å². The van der Waals surface area contributed by atoms with Crippen molar-refractivity contribution in [2.75, 3.05) is 26.3 Å². The van der Waals surface area contributed by atoms with Gasteiger partial charge in [0.15, 0.2) is 24.0 Å². The molecule has 0 aliphatic carbocycles. The fourth-order valence-corrected chi connectivity index (χ4v) is 13.7. The molecule has 0 spiro atoms. The van der Waals surface area contributed by atoms with Gasteiger partial charge < -0.3 is 138 Å². The van der Waals surface area contributed by atoms with Gasteiger partial charge in [0, 0.05) is 26.0 Å². The van der Waals surface area contributed by atoms with Crippen LogP contribution in [0.25, 0.3) is 0 Å². The zero-order chi connectivity index (χ0) is 113. The second kappa shape index (κ2) is 64.5. The number of nitrogens with zero attached hydrogens (tertiary/aromatic N) is 22. The summed E-state index contributed by atoms with van der Waals surface area (Å²) in [5, 5.41) is 268. The van der Waals surface area contributed by atoms with E-state index in [2.05, 4.69) is 118 Å². The van der Waals surface area contributed by atoms with Crippen molar-refractivity contribution in [3.63, 3.8) is 0 Å². The molecular weight excluding hydrogens is 1930 g/mol. The van der Waals surface area contributed by atoms with Gasteiger partial charge >= 0.3 is 5.97 Å². The molecular formula is C98H161N23O27. The van der Waals surface area contributed by atoms with Gasteiger partial charge in [-0.1, -0.05) is 153 Å². The standard InChI is InChI=1S/C98H161N23O27/c1-26-32-33-34-35-37-61(124)44-69(125)108-64(31-6)97(146)121-42-36-38-68(121)90(139)105-55(20)80(129)101-54(19)79(128)104-59(24)84(133)115-72(48(11)12)93(142)117-71(47(9)10)92(141)109-62(29-4)85(134)112-66(40-43-122)88(137)116-73(49(13)14)94(143)118-74(50(15)27-2)95(144)106-56(21)81(130)102-52(17)77(126)100-53(18)78(127)103-58(23)83(132)114-70(46(7)8)91(140)110-63(30-5)86(135)120-76-60(25)148-98(147)75(51(16)28-3)119-89(138)67(45-123)113-87(136)65(39-41-99)111-82(131)57(22)107-96(76)145/h29-31,34-35,46-55,57-61,65-68,70-76,122-124H,21,26-28,32-33,36-45,99H2,1-20,22-25H3,(H,100,126)(H,101,129)(H,102,130)(H,103,127)(H,104,128)(H,105,139)(H,106,144)(H,107,145)(H,108,125)(H,109,141)(H,110,140)(H,111,131)(H,112,134)(H,113,136)(H,114,132)(H,115,133)(H,116,137)(H,117,142)(H,118,143)(H,119,138)(H,120,135)/b35-34-,62-29-,63-30-,64-31-/t50-,51+,52+,53+,54+,55+,57+,58+,59+,60+,61?,65+,66+,67+,68+,70+,71+,72+,73+,74+,75+,76+/m1/s1. The minimum absolute atomic E-state index is 0.101. The number of carbonyl (C=O) groups is 2. The van der Waals surface area contributed by atoms with E-state index >= 15 is 0 Å². The number of carbonyl (C=O) groups excluding carboxylic acids is 2. The number of aliphatic hydroxyl groups excluding tert-OH is 24. The number of rotatable bonds is 54. The third-order valence-corrected chi connectivity index (χ3v) is 23.3. The Kier molecular flexibility index (Phi) is 56.8. The molecule has 2 rings (SSSR count). The Morgan fingerprint density at radius 1 is 0.486 bits per heavy atom. The highest BCUT2D eigenvalue weighted by molar-refractivity contribution is 6.03. The Morgan fingerprint density at radius 3 is 1.37 bits per heavy atom. The molecule has 0 saturated carbocycles. The summed E-state index contributed by atoms with van der Waals surface area (Å²) in [6, 6.07) is -25.1. The van der Waals surface area contributed by atoms with E-state index in [4.69, 9.17) is 10.5 Å². The van der Waals surface area contributed by atoms with Gasteiger partial charge in [0.25, 0.3) is 5.91 Å². The van der Waals surface area contributed by atoms with Gasteiger partial charge in [0.05, 0.1) is 12.7 Å². The van der Waals surface area contributed by atoms with E-state index < -0.39 is 329 Å². The fourth-order valence-electron chi connectivity index (χ4n) is 13.7. The number of aliphatic imine (C=N–C) groups is 21. The van der Waals surface area contributed by atoms with Gasteiger partial charge in [-0.2, -0.15) is 0 Å². The van der Waals surface area contributed by atoms with Crippen molar-refractivity contribution in [1.82, 2.24) is 4.90 Å². The number of cyclic esters (lactones) is 1. The average molecular weight is 2090 g/mol. The molecule has 22 atom stereocenters. The monoisotopic (exact) mass is 2090 g/mol. The van der Waals surface area contributed by atoms with E-state index in [1.165, 1.54) is 92.4 Å².